The van der Waals surface area contributed by atoms with Gasteiger partial charge < -0.3 is 9.88 Å². The van der Waals surface area contributed by atoms with Crippen LogP contribution in [0.5, 0.6) is 0 Å². The van der Waals surface area contributed by atoms with Crippen molar-refractivity contribution in [3.8, 4) is 0 Å². The Morgan fingerprint density at radius 3 is 2.71 bits per heavy atom. The van der Waals surface area contributed by atoms with Crippen LogP contribution in [0.4, 0.5) is 18.9 Å². The highest BCUT2D eigenvalue weighted by Gasteiger charge is 2.31. The third kappa shape index (κ3) is 4.54. The lowest BCUT2D eigenvalue weighted by Gasteiger charge is -2.13. The summed E-state index contributed by atoms with van der Waals surface area (Å²) in [6.07, 6.45) is -1.28. The zero-order chi connectivity index (χ0) is 20.3. The molecule has 0 aliphatic heterocycles. The van der Waals surface area contributed by atoms with Gasteiger partial charge in [-0.3, -0.25) is 9.78 Å². The number of halogens is 3. The zero-order valence-electron chi connectivity index (χ0n) is 15.2. The molecule has 0 spiro atoms. The van der Waals surface area contributed by atoms with Gasteiger partial charge in [0.15, 0.2) is 0 Å². The minimum Gasteiger partial charge on any atom is -0.321 e. The summed E-state index contributed by atoms with van der Waals surface area (Å²) in [6.45, 7) is 2.02. The van der Waals surface area contributed by atoms with Crippen LogP contribution in [-0.4, -0.2) is 25.7 Å². The number of pyridine rings is 1. The van der Waals surface area contributed by atoms with Crippen molar-refractivity contribution in [3.05, 3.63) is 71.6 Å². The summed E-state index contributed by atoms with van der Waals surface area (Å²) in [5, 5.41) is 10.5. The summed E-state index contributed by atoms with van der Waals surface area (Å²) in [7, 11) is 1.86. The molecular formula is C19H18F3N5O. The summed E-state index contributed by atoms with van der Waals surface area (Å²) in [5.41, 5.74) is 0.218. The minimum absolute atomic E-state index is 0.103. The number of nitrogens with one attached hydrogen (secondary N) is 1. The molecule has 1 amide bonds. The number of aryl methyl sites for hydroxylation is 1. The number of aromatic nitrogens is 4. The third-order valence-electron chi connectivity index (χ3n) is 4.33. The van der Waals surface area contributed by atoms with Crippen LogP contribution in [0.15, 0.2) is 48.9 Å². The van der Waals surface area contributed by atoms with Crippen molar-refractivity contribution >= 4 is 11.6 Å². The summed E-state index contributed by atoms with van der Waals surface area (Å²) < 4.78 is 40.3. The molecule has 9 heteroatoms. The van der Waals surface area contributed by atoms with E-state index in [1.807, 2.05) is 24.6 Å². The van der Waals surface area contributed by atoms with Crippen LogP contribution >= 0.6 is 0 Å². The predicted octanol–water partition coefficient (Wildman–Crippen LogP) is 3.83. The van der Waals surface area contributed by atoms with Gasteiger partial charge in [0, 0.05) is 25.4 Å². The SMILES string of the molecule is CC(Cc1nncn1C)c1cccc(NC(=O)c2cc(C(F)(F)F)ccn2)c1. The van der Waals surface area contributed by atoms with Gasteiger partial charge in [-0.05, 0) is 35.7 Å². The smallest absolute Gasteiger partial charge is 0.321 e. The molecule has 146 valence electrons. The molecule has 6 nitrogen and oxygen atoms in total. The van der Waals surface area contributed by atoms with Crippen molar-refractivity contribution in [1.29, 1.82) is 0 Å². The van der Waals surface area contributed by atoms with Gasteiger partial charge in [0.25, 0.3) is 5.91 Å². The van der Waals surface area contributed by atoms with Crippen LogP contribution < -0.4 is 5.32 Å². The summed E-state index contributed by atoms with van der Waals surface area (Å²) in [6, 6.07) is 8.70. The fraction of sp³-hybridized carbons (Fsp3) is 0.263. The van der Waals surface area contributed by atoms with E-state index in [1.165, 1.54) is 0 Å². The second-order valence-corrected chi connectivity index (χ2v) is 6.47. The van der Waals surface area contributed by atoms with Crippen molar-refractivity contribution in [2.75, 3.05) is 5.32 Å². The van der Waals surface area contributed by atoms with Crippen LogP contribution in [-0.2, 0) is 19.6 Å². The number of nitrogens with zero attached hydrogens (tertiary/aromatic N) is 4. The van der Waals surface area contributed by atoms with Gasteiger partial charge in [-0.2, -0.15) is 13.2 Å². The van der Waals surface area contributed by atoms with Gasteiger partial charge in [0.2, 0.25) is 0 Å². The van der Waals surface area contributed by atoms with Crippen LogP contribution in [0, 0.1) is 0 Å². The van der Waals surface area contributed by atoms with Gasteiger partial charge >= 0.3 is 6.18 Å². The van der Waals surface area contributed by atoms with Crippen LogP contribution in [0.25, 0.3) is 0 Å². The molecule has 1 unspecified atom stereocenters. The fourth-order valence-corrected chi connectivity index (χ4v) is 2.73. The first-order valence-electron chi connectivity index (χ1n) is 8.51. The van der Waals surface area contributed by atoms with Gasteiger partial charge in [-0.15, -0.1) is 10.2 Å². The summed E-state index contributed by atoms with van der Waals surface area (Å²) in [5.74, 6) is 0.228. The Morgan fingerprint density at radius 1 is 1.25 bits per heavy atom. The first kappa shape index (κ1) is 19.5. The van der Waals surface area contributed by atoms with Crippen molar-refractivity contribution in [2.24, 2.45) is 7.05 Å². The van der Waals surface area contributed by atoms with Gasteiger partial charge in [0.1, 0.15) is 17.8 Å². The average Bonchev–Trinajstić information content (AvgIpc) is 3.06. The molecule has 3 aromatic rings. The quantitative estimate of drug-likeness (QED) is 0.720. The molecule has 2 aromatic heterocycles. The molecule has 0 saturated heterocycles. The lowest BCUT2D eigenvalue weighted by molar-refractivity contribution is -0.137. The third-order valence-corrected chi connectivity index (χ3v) is 4.33. The van der Waals surface area contributed by atoms with Gasteiger partial charge in [-0.1, -0.05) is 19.1 Å². The first-order valence-corrected chi connectivity index (χ1v) is 8.51. The normalized spacial score (nSPS) is 12.6. The Morgan fingerprint density at radius 2 is 2.04 bits per heavy atom. The molecule has 28 heavy (non-hydrogen) atoms. The second kappa shape index (κ2) is 7.79. The lowest BCUT2D eigenvalue weighted by Crippen LogP contribution is -2.16. The van der Waals surface area contributed by atoms with E-state index in [-0.39, 0.29) is 11.6 Å². The largest absolute Gasteiger partial charge is 0.416 e. The molecule has 0 fully saturated rings. The van der Waals surface area contributed by atoms with Crippen molar-refractivity contribution < 1.29 is 18.0 Å². The second-order valence-electron chi connectivity index (χ2n) is 6.47. The predicted molar refractivity (Wildman–Crippen MR) is 96.8 cm³/mol. The Hall–Kier alpha value is -3.23. The van der Waals surface area contributed by atoms with Crippen LogP contribution in [0.1, 0.15) is 40.3 Å². The number of alkyl halides is 3. The number of hydrogen-bond acceptors (Lipinski definition) is 4. The molecule has 1 N–H and O–H groups in total. The zero-order valence-corrected chi connectivity index (χ0v) is 15.2. The Bertz CT molecular complexity index is 983. The summed E-state index contributed by atoms with van der Waals surface area (Å²) >= 11 is 0. The average molecular weight is 389 g/mol. The van der Waals surface area contributed by atoms with E-state index in [9.17, 15) is 18.0 Å². The molecule has 3 rings (SSSR count). The van der Waals surface area contributed by atoms with Gasteiger partial charge in [0.05, 0.1) is 5.56 Å². The van der Waals surface area contributed by atoms with Crippen molar-refractivity contribution in [2.45, 2.75) is 25.4 Å². The highest BCUT2D eigenvalue weighted by molar-refractivity contribution is 6.03. The van der Waals surface area contributed by atoms with Crippen molar-refractivity contribution in [3.63, 3.8) is 0 Å². The topological polar surface area (TPSA) is 72.7 Å². The van der Waals surface area contributed by atoms with Crippen LogP contribution in [0.2, 0.25) is 0 Å². The lowest BCUT2D eigenvalue weighted by atomic mass is 9.97. The van der Waals surface area contributed by atoms with Crippen molar-refractivity contribution in [1.82, 2.24) is 19.7 Å². The first-order chi connectivity index (χ1) is 13.2. The fourth-order valence-electron chi connectivity index (χ4n) is 2.73. The maximum Gasteiger partial charge on any atom is 0.416 e. The van der Waals surface area contributed by atoms with E-state index in [4.69, 9.17) is 0 Å². The number of amides is 1. The highest BCUT2D eigenvalue weighted by atomic mass is 19.4. The minimum atomic E-state index is -4.53. The number of carbonyl (C=O) groups excluding carboxylic acids is 1. The number of rotatable bonds is 5. The molecule has 0 aliphatic rings. The Kier molecular flexibility index (Phi) is 5.43. The standard InChI is InChI=1S/C19H18F3N5O/c1-12(8-17-26-24-11-27(17)2)13-4-3-5-15(9-13)25-18(28)16-10-14(6-7-23-16)19(20,21)22/h3-7,9-12H,8H2,1-2H3,(H,25,28). The maximum absolute atomic E-state index is 12.8. The summed E-state index contributed by atoms with van der Waals surface area (Å²) in [4.78, 5) is 16.0. The molecule has 2 heterocycles. The maximum atomic E-state index is 12.8. The number of carbonyl (C=O) groups is 1. The Balaban J connectivity index is 1.74. The van der Waals surface area contributed by atoms with E-state index in [0.717, 1.165) is 29.7 Å². The molecule has 0 radical (unpaired) electrons. The van der Waals surface area contributed by atoms with E-state index in [2.05, 4.69) is 20.5 Å². The van der Waals surface area contributed by atoms with E-state index >= 15 is 0 Å². The molecule has 0 saturated carbocycles. The molecule has 1 atom stereocenters. The van der Waals surface area contributed by atoms with E-state index < -0.39 is 17.6 Å². The van der Waals surface area contributed by atoms with Crippen LogP contribution in [0.3, 0.4) is 0 Å². The van der Waals surface area contributed by atoms with Gasteiger partial charge in [-0.25, -0.2) is 0 Å². The molecule has 0 aliphatic carbocycles. The highest BCUT2D eigenvalue weighted by Crippen LogP contribution is 2.29. The number of hydrogen-bond donors (Lipinski definition) is 1. The Labute approximate surface area is 159 Å². The number of benzene rings is 1. The number of anilines is 1. The molecule has 1 aromatic carbocycles. The molecule has 0 bridgehead atoms. The van der Waals surface area contributed by atoms with E-state index in [1.54, 1.807) is 24.5 Å². The van der Waals surface area contributed by atoms with E-state index in [0.29, 0.717) is 12.1 Å². The molecular weight excluding hydrogens is 371 g/mol. The monoisotopic (exact) mass is 389 g/mol.